The molecule has 1 heterocycles. The summed E-state index contributed by atoms with van der Waals surface area (Å²) in [6, 6.07) is 4.12. The van der Waals surface area contributed by atoms with E-state index in [2.05, 4.69) is 5.10 Å². The van der Waals surface area contributed by atoms with Gasteiger partial charge in [-0.05, 0) is 13.0 Å². The van der Waals surface area contributed by atoms with Crippen LogP contribution in [0.5, 0.6) is 11.6 Å². The third-order valence-corrected chi connectivity index (χ3v) is 3.25. The van der Waals surface area contributed by atoms with Crippen molar-refractivity contribution in [1.82, 2.24) is 9.78 Å². The van der Waals surface area contributed by atoms with Crippen molar-refractivity contribution in [3.05, 3.63) is 44.6 Å². The number of alkyl halides is 1. The second-order valence-electron chi connectivity index (χ2n) is 4.10. The summed E-state index contributed by atoms with van der Waals surface area (Å²) in [5, 5.41) is 15.5. The van der Waals surface area contributed by atoms with E-state index in [0.29, 0.717) is 22.2 Å². The smallest absolute Gasteiger partial charge is 0.311 e. The minimum Gasteiger partial charge on any atom is -0.432 e. The van der Waals surface area contributed by atoms with Crippen LogP contribution in [0, 0.1) is 17.0 Å². The first-order valence-corrected chi connectivity index (χ1v) is 6.55. The number of nitrogens with zero attached hydrogens (tertiary/aromatic N) is 3. The Bertz CT molecular complexity index is 670. The lowest BCUT2D eigenvalue weighted by atomic mass is 10.3. The average molecular weight is 316 g/mol. The molecule has 0 N–H and O–H groups in total. The van der Waals surface area contributed by atoms with Gasteiger partial charge in [0.1, 0.15) is 0 Å². The van der Waals surface area contributed by atoms with E-state index in [0.717, 1.165) is 0 Å². The van der Waals surface area contributed by atoms with Crippen molar-refractivity contribution in [2.75, 3.05) is 0 Å². The molecule has 0 bridgehead atoms. The molecule has 0 aliphatic heterocycles. The molecule has 0 radical (unpaired) electrons. The normalized spacial score (nSPS) is 10.6. The van der Waals surface area contributed by atoms with Crippen LogP contribution in [0.2, 0.25) is 5.02 Å². The van der Waals surface area contributed by atoms with Gasteiger partial charge in [-0.25, -0.2) is 4.68 Å². The summed E-state index contributed by atoms with van der Waals surface area (Å²) in [5.74, 6) is 0.614. The van der Waals surface area contributed by atoms with E-state index < -0.39 is 4.92 Å². The Balaban J connectivity index is 2.49. The molecule has 0 aliphatic carbocycles. The Hall–Kier alpha value is -1.79. The van der Waals surface area contributed by atoms with Crippen molar-refractivity contribution in [2.24, 2.45) is 7.05 Å². The lowest BCUT2D eigenvalue weighted by Crippen LogP contribution is -1.99. The first-order chi connectivity index (χ1) is 9.43. The second-order valence-corrected chi connectivity index (χ2v) is 4.80. The molecule has 0 spiro atoms. The molecule has 2 aromatic rings. The number of rotatable bonds is 4. The van der Waals surface area contributed by atoms with E-state index in [9.17, 15) is 10.1 Å². The zero-order valence-electron chi connectivity index (χ0n) is 10.8. The van der Waals surface area contributed by atoms with Crippen LogP contribution in [-0.2, 0) is 12.9 Å². The minimum atomic E-state index is -0.532. The van der Waals surface area contributed by atoms with Gasteiger partial charge in [0.25, 0.3) is 0 Å². The van der Waals surface area contributed by atoms with Crippen LogP contribution in [0.3, 0.4) is 0 Å². The first-order valence-electron chi connectivity index (χ1n) is 5.64. The largest absolute Gasteiger partial charge is 0.432 e. The maximum Gasteiger partial charge on any atom is 0.311 e. The molecule has 106 valence electrons. The zero-order chi connectivity index (χ0) is 14.9. The molecule has 0 fully saturated rings. The lowest BCUT2D eigenvalue weighted by molar-refractivity contribution is -0.385. The molecule has 6 nitrogen and oxygen atoms in total. The summed E-state index contributed by atoms with van der Waals surface area (Å²) in [6.45, 7) is 1.79. The summed E-state index contributed by atoms with van der Waals surface area (Å²) < 4.78 is 7.10. The van der Waals surface area contributed by atoms with Crippen LogP contribution in [0.4, 0.5) is 5.69 Å². The third-order valence-electron chi connectivity index (χ3n) is 2.75. The van der Waals surface area contributed by atoms with Crippen LogP contribution < -0.4 is 4.74 Å². The Morgan fingerprint density at radius 1 is 1.50 bits per heavy atom. The molecule has 0 unspecified atom stereocenters. The highest BCUT2D eigenvalue weighted by molar-refractivity contribution is 6.30. The summed E-state index contributed by atoms with van der Waals surface area (Å²) in [4.78, 5) is 10.5. The fourth-order valence-corrected chi connectivity index (χ4v) is 2.26. The fourth-order valence-electron chi connectivity index (χ4n) is 1.79. The van der Waals surface area contributed by atoms with Gasteiger partial charge in [0.15, 0.2) is 0 Å². The Morgan fingerprint density at radius 3 is 2.80 bits per heavy atom. The quantitative estimate of drug-likeness (QED) is 0.488. The van der Waals surface area contributed by atoms with Gasteiger partial charge in [0, 0.05) is 24.2 Å². The number of halogens is 2. The van der Waals surface area contributed by atoms with Gasteiger partial charge in [0.2, 0.25) is 11.6 Å². The third kappa shape index (κ3) is 2.71. The number of ether oxygens (including phenoxy) is 1. The van der Waals surface area contributed by atoms with E-state index >= 15 is 0 Å². The molecular formula is C12H11Cl2N3O3. The standard InChI is InChI=1S/C12H11Cl2N3O3/c1-7-9(6-13)12(16(2)15-7)20-11-5-8(14)3-4-10(11)17(18)19/h3-5H,6H2,1-2H3. The van der Waals surface area contributed by atoms with Gasteiger partial charge in [-0.15, -0.1) is 11.6 Å². The molecule has 8 heteroatoms. The van der Waals surface area contributed by atoms with Gasteiger partial charge in [-0.3, -0.25) is 10.1 Å². The summed E-state index contributed by atoms with van der Waals surface area (Å²) in [5.41, 5.74) is 1.22. The maximum absolute atomic E-state index is 11.0. The van der Waals surface area contributed by atoms with Crippen molar-refractivity contribution in [1.29, 1.82) is 0 Å². The Kier molecular flexibility index (Phi) is 4.15. The lowest BCUT2D eigenvalue weighted by Gasteiger charge is -2.08. The van der Waals surface area contributed by atoms with Crippen molar-refractivity contribution < 1.29 is 9.66 Å². The molecule has 0 saturated carbocycles. The molecule has 1 aromatic carbocycles. The topological polar surface area (TPSA) is 70.2 Å². The number of nitro groups is 1. The highest BCUT2D eigenvalue weighted by Gasteiger charge is 2.20. The summed E-state index contributed by atoms with van der Waals surface area (Å²) in [7, 11) is 1.68. The van der Waals surface area contributed by atoms with E-state index in [1.165, 1.54) is 22.9 Å². The fraction of sp³-hybridized carbons (Fsp3) is 0.250. The van der Waals surface area contributed by atoms with Gasteiger partial charge >= 0.3 is 5.69 Å². The van der Waals surface area contributed by atoms with Gasteiger partial charge in [-0.1, -0.05) is 11.6 Å². The van der Waals surface area contributed by atoms with Crippen LogP contribution in [0.15, 0.2) is 18.2 Å². The van der Waals surface area contributed by atoms with Crippen LogP contribution in [-0.4, -0.2) is 14.7 Å². The zero-order valence-corrected chi connectivity index (χ0v) is 12.3. The van der Waals surface area contributed by atoms with E-state index in [1.807, 2.05) is 0 Å². The highest BCUT2D eigenvalue weighted by Crippen LogP contribution is 2.35. The number of aromatic nitrogens is 2. The molecule has 0 aliphatic rings. The van der Waals surface area contributed by atoms with Crippen molar-refractivity contribution in [2.45, 2.75) is 12.8 Å². The van der Waals surface area contributed by atoms with E-state index in [1.54, 1.807) is 14.0 Å². The Labute approximate surface area is 125 Å². The van der Waals surface area contributed by atoms with Gasteiger partial charge in [0.05, 0.1) is 22.1 Å². The predicted octanol–water partition coefficient (Wildman–Crippen LogP) is 3.82. The van der Waals surface area contributed by atoms with Gasteiger partial charge in [-0.2, -0.15) is 5.10 Å². The Morgan fingerprint density at radius 2 is 2.20 bits per heavy atom. The number of nitro benzene ring substituents is 1. The summed E-state index contributed by atoms with van der Waals surface area (Å²) >= 11 is 11.7. The van der Waals surface area contributed by atoms with E-state index in [-0.39, 0.29) is 17.3 Å². The van der Waals surface area contributed by atoms with Crippen molar-refractivity contribution >= 4 is 28.9 Å². The first kappa shape index (κ1) is 14.6. The van der Waals surface area contributed by atoms with Crippen molar-refractivity contribution in [3.63, 3.8) is 0 Å². The predicted molar refractivity (Wildman–Crippen MR) is 75.7 cm³/mol. The van der Waals surface area contributed by atoms with Crippen LogP contribution in [0.1, 0.15) is 11.3 Å². The number of aryl methyl sites for hydroxylation is 2. The van der Waals surface area contributed by atoms with Crippen LogP contribution in [0.25, 0.3) is 0 Å². The number of hydrogen-bond acceptors (Lipinski definition) is 4. The average Bonchev–Trinajstić information content (AvgIpc) is 2.63. The molecule has 1 aromatic heterocycles. The van der Waals surface area contributed by atoms with E-state index in [4.69, 9.17) is 27.9 Å². The maximum atomic E-state index is 11.0. The molecular weight excluding hydrogens is 305 g/mol. The number of hydrogen-bond donors (Lipinski definition) is 0. The van der Waals surface area contributed by atoms with Crippen LogP contribution >= 0.6 is 23.2 Å². The minimum absolute atomic E-state index is 0.0527. The summed E-state index contributed by atoms with van der Waals surface area (Å²) in [6.07, 6.45) is 0. The molecule has 20 heavy (non-hydrogen) atoms. The monoisotopic (exact) mass is 315 g/mol. The van der Waals surface area contributed by atoms with Gasteiger partial charge < -0.3 is 4.74 Å². The van der Waals surface area contributed by atoms with Crippen molar-refractivity contribution in [3.8, 4) is 11.6 Å². The SMILES string of the molecule is Cc1nn(C)c(Oc2cc(Cl)ccc2[N+](=O)[O-])c1CCl. The number of benzene rings is 1. The highest BCUT2D eigenvalue weighted by atomic mass is 35.5. The molecule has 2 rings (SSSR count). The molecule has 0 atom stereocenters. The second kappa shape index (κ2) is 5.68. The molecule has 0 saturated heterocycles. The molecule has 0 amide bonds.